The molecule has 2 fully saturated rings. The molecule has 0 saturated heterocycles. The third-order valence-electron chi connectivity index (χ3n) is 4.58. The van der Waals surface area contributed by atoms with Crippen molar-refractivity contribution in [1.82, 2.24) is 4.31 Å². The van der Waals surface area contributed by atoms with Crippen LogP contribution < -0.4 is 9.47 Å². The van der Waals surface area contributed by atoms with E-state index >= 15 is 0 Å². The Morgan fingerprint density at radius 1 is 1.00 bits per heavy atom. The van der Waals surface area contributed by atoms with Crippen LogP contribution in [0.4, 0.5) is 4.39 Å². The molecule has 0 heterocycles. The summed E-state index contributed by atoms with van der Waals surface area (Å²) in [5.41, 5.74) is 0. The molecule has 0 unspecified atom stereocenters. The summed E-state index contributed by atoms with van der Waals surface area (Å²) in [5, 5.41) is 0. The van der Waals surface area contributed by atoms with Gasteiger partial charge in [0, 0.05) is 24.2 Å². The Labute approximate surface area is 136 Å². The number of hydrogen-bond acceptors (Lipinski definition) is 4. The fraction of sp³-hybridized carbons (Fsp3) is 0.625. The van der Waals surface area contributed by atoms with Crippen LogP contribution in [0.25, 0.3) is 0 Å². The number of sulfonamides is 1. The second-order valence-electron chi connectivity index (χ2n) is 6.14. The fourth-order valence-corrected chi connectivity index (χ4v) is 5.32. The van der Waals surface area contributed by atoms with Crippen molar-refractivity contribution in [1.29, 1.82) is 0 Å². The molecule has 128 valence electrons. The summed E-state index contributed by atoms with van der Waals surface area (Å²) in [6.07, 6.45) is 5.46. The summed E-state index contributed by atoms with van der Waals surface area (Å²) in [6, 6.07) is 2.30. The third-order valence-corrected chi connectivity index (χ3v) is 6.60. The minimum absolute atomic E-state index is 0.00981. The predicted molar refractivity (Wildman–Crippen MR) is 83.8 cm³/mol. The molecule has 0 amide bonds. The van der Waals surface area contributed by atoms with Crippen molar-refractivity contribution in [2.24, 2.45) is 0 Å². The van der Waals surface area contributed by atoms with E-state index in [0.29, 0.717) is 0 Å². The smallest absolute Gasteiger partial charge is 0.246 e. The van der Waals surface area contributed by atoms with Crippen molar-refractivity contribution in [2.45, 2.75) is 55.5 Å². The maximum atomic E-state index is 14.4. The molecule has 2 aliphatic rings. The molecule has 0 N–H and O–H groups in total. The van der Waals surface area contributed by atoms with E-state index in [-0.39, 0.29) is 28.5 Å². The molecule has 5 nitrogen and oxygen atoms in total. The maximum Gasteiger partial charge on any atom is 0.246 e. The van der Waals surface area contributed by atoms with Crippen LogP contribution in [-0.2, 0) is 10.0 Å². The number of halogens is 1. The molecule has 0 aromatic heterocycles. The van der Waals surface area contributed by atoms with Crippen LogP contribution >= 0.6 is 0 Å². The van der Waals surface area contributed by atoms with Crippen molar-refractivity contribution >= 4 is 10.0 Å². The maximum absolute atomic E-state index is 14.4. The summed E-state index contributed by atoms with van der Waals surface area (Å²) >= 11 is 0. The van der Waals surface area contributed by atoms with Crippen molar-refractivity contribution < 1.29 is 22.3 Å². The first-order valence-corrected chi connectivity index (χ1v) is 9.38. The highest BCUT2D eigenvalue weighted by atomic mass is 32.2. The lowest BCUT2D eigenvalue weighted by Crippen LogP contribution is -2.40. The fourth-order valence-electron chi connectivity index (χ4n) is 3.33. The van der Waals surface area contributed by atoms with Crippen LogP contribution in [0.3, 0.4) is 0 Å². The molecule has 1 aromatic carbocycles. The first-order valence-electron chi connectivity index (χ1n) is 7.94. The van der Waals surface area contributed by atoms with Crippen molar-refractivity contribution in [3.8, 4) is 11.5 Å². The second-order valence-corrected chi connectivity index (χ2v) is 7.95. The Balaban J connectivity index is 2.04. The van der Waals surface area contributed by atoms with E-state index < -0.39 is 15.8 Å². The van der Waals surface area contributed by atoms with Gasteiger partial charge in [0.25, 0.3) is 0 Å². The Kier molecular flexibility index (Phi) is 4.51. The molecule has 7 heteroatoms. The number of rotatable bonds is 6. The van der Waals surface area contributed by atoms with Crippen LogP contribution in [0.1, 0.15) is 38.5 Å². The minimum atomic E-state index is -3.89. The zero-order chi connectivity index (χ0) is 16.6. The Morgan fingerprint density at radius 3 is 2.04 bits per heavy atom. The third kappa shape index (κ3) is 3.04. The lowest BCUT2D eigenvalue weighted by Gasteiger charge is -2.28. The molecular weight excluding hydrogens is 321 g/mol. The number of benzene rings is 1. The summed E-state index contributed by atoms with van der Waals surface area (Å²) in [6.45, 7) is 0. The monoisotopic (exact) mass is 343 g/mol. The van der Waals surface area contributed by atoms with Crippen LogP contribution in [0, 0.1) is 5.82 Å². The lowest BCUT2D eigenvalue weighted by molar-refractivity contribution is 0.311. The van der Waals surface area contributed by atoms with E-state index in [1.807, 2.05) is 0 Å². The average Bonchev–Trinajstić information content (AvgIpc) is 3.20. The molecule has 0 atom stereocenters. The van der Waals surface area contributed by atoms with Gasteiger partial charge in [-0.05, 0) is 25.7 Å². The molecule has 2 aliphatic carbocycles. The van der Waals surface area contributed by atoms with E-state index in [4.69, 9.17) is 9.47 Å². The first kappa shape index (κ1) is 16.5. The molecule has 0 radical (unpaired) electrons. The number of methoxy groups -OCH3 is 2. The topological polar surface area (TPSA) is 55.8 Å². The Bertz CT molecular complexity index is 682. The van der Waals surface area contributed by atoms with Gasteiger partial charge in [-0.15, -0.1) is 0 Å². The zero-order valence-corrected chi connectivity index (χ0v) is 14.2. The largest absolute Gasteiger partial charge is 0.493 e. The molecule has 0 aliphatic heterocycles. The quantitative estimate of drug-likeness (QED) is 0.797. The van der Waals surface area contributed by atoms with Crippen LogP contribution in [0.2, 0.25) is 0 Å². The highest BCUT2D eigenvalue weighted by Crippen LogP contribution is 2.41. The average molecular weight is 343 g/mol. The van der Waals surface area contributed by atoms with Crippen molar-refractivity contribution in [3.63, 3.8) is 0 Å². The van der Waals surface area contributed by atoms with Crippen molar-refractivity contribution in [3.05, 3.63) is 17.9 Å². The van der Waals surface area contributed by atoms with E-state index in [1.54, 1.807) is 4.31 Å². The van der Waals surface area contributed by atoms with E-state index in [1.165, 1.54) is 20.3 Å². The Hall–Kier alpha value is -1.34. The number of ether oxygens (including phenoxy) is 2. The molecule has 0 bridgehead atoms. The predicted octanol–water partition coefficient (Wildman–Crippen LogP) is 2.94. The Morgan fingerprint density at radius 2 is 1.52 bits per heavy atom. The first-order chi connectivity index (χ1) is 11.0. The minimum Gasteiger partial charge on any atom is -0.493 e. The standard InChI is InChI=1S/C16H22FNO4S/c1-21-14-9-13(17)16(10-15(14)22-2)23(19,20)18(12-7-8-12)11-5-3-4-6-11/h9-12H,3-8H2,1-2H3. The van der Waals surface area contributed by atoms with Crippen LogP contribution in [0.5, 0.6) is 11.5 Å². The van der Waals surface area contributed by atoms with Gasteiger partial charge in [0.15, 0.2) is 11.5 Å². The second kappa shape index (κ2) is 6.28. The summed E-state index contributed by atoms with van der Waals surface area (Å²) in [4.78, 5) is -0.325. The van der Waals surface area contributed by atoms with Gasteiger partial charge in [-0.25, -0.2) is 12.8 Å². The molecular formula is C16H22FNO4S. The zero-order valence-electron chi connectivity index (χ0n) is 13.4. The number of hydrogen-bond donors (Lipinski definition) is 0. The van der Waals surface area contributed by atoms with Gasteiger partial charge in [0.1, 0.15) is 10.7 Å². The van der Waals surface area contributed by atoms with Crippen LogP contribution in [-0.4, -0.2) is 39.0 Å². The van der Waals surface area contributed by atoms with Gasteiger partial charge in [-0.2, -0.15) is 4.31 Å². The molecule has 3 rings (SSSR count). The molecule has 0 spiro atoms. The van der Waals surface area contributed by atoms with E-state index in [2.05, 4.69) is 0 Å². The van der Waals surface area contributed by atoms with Gasteiger partial charge in [0.05, 0.1) is 14.2 Å². The highest BCUT2D eigenvalue weighted by molar-refractivity contribution is 7.89. The van der Waals surface area contributed by atoms with Crippen LogP contribution in [0.15, 0.2) is 17.0 Å². The lowest BCUT2D eigenvalue weighted by atomic mass is 10.2. The summed E-state index contributed by atoms with van der Waals surface area (Å²) in [5.74, 6) is -0.399. The van der Waals surface area contributed by atoms with Gasteiger partial charge in [-0.3, -0.25) is 0 Å². The van der Waals surface area contributed by atoms with Gasteiger partial charge in [0.2, 0.25) is 10.0 Å². The van der Waals surface area contributed by atoms with Gasteiger partial charge in [-0.1, -0.05) is 12.8 Å². The normalized spacial score (nSPS) is 19.3. The van der Waals surface area contributed by atoms with E-state index in [9.17, 15) is 12.8 Å². The molecule has 1 aromatic rings. The SMILES string of the molecule is COc1cc(F)c(S(=O)(=O)N(C2CCCC2)C2CC2)cc1OC. The molecule has 23 heavy (non-hydrogen) atoms. The summed E-state index contributed by atoms with van der Waals surface area (Å²) in [7, 11) is -1.09. The molecule has 2 saturated carbocycles. The highest BCUT2D eigenvalue weighted by Gasteiger charge is 2.44. The van der Waals surface area contributed by atoms with E-state index in [0.717, 1.165) is 44.6 Å². The van der Waals surface area contributed by atoms with Crippen molar-refractivity contribution in [2.75, 3.05) is 14.2 Å². The van der Waals surface area contributed by atoms with Gasteiger partial charge < -0.3 is 9.47 Å². The number of nitrogens with zero attached hydrogens (tertiary/aromatic N) is 1. The summed E-state index contributed by atoms with van der Waals surface area (Å²) < 4.78 is 52.3. The van der Waals surface area contributed by atoms with Gasteiger partial charge >= 0.3 is 0 Å².